The summed E-state index contributed by atoms with van der Waals surface area (Å²) in [5.74, 6) is 0.189. The third-order valence-electron chi connectivity index (χ3n) is 10.6. The van der Waals surface area contributed by atoms with Crippen LogP contribution in [0.3, 0.4) is 0 Å². The molecular formula is C34H34Cl2N4O. The lowest BCUT2D eigenvalue weighted by atomic mass is 9.63. The highest BCUT2D eigenvalue weighted by Crippen LogP contribution is 2.70. The summed E-state index contributed by atoms with van der Waals surface area (Å²) < 4.78 is 0. The number of rotatable bonds is 4. The molecule has 1 amide bonds. The number of nitrogens with zero attached hydrogens (tertiary/aromatic N) is 4. The zero-order chi connectivity index (χ0) is 28.6. The van der Waals surface area contributed by atoms with Crippen LogP contribution < -0.4 is 0 Å². The van der Waals surface area contributed by atoms with E-state index in [9.17, 15) is 4.79 Å². The molecule has 0 radical (unpaired) electrons. The lowest BCUT2D eigenvalue weighted by molar-refractivity contribution is -0.143. The molecular weight excluding hydrogens is 551 g/mol. The quantitative estimate of drug-likeness (QED) is 0.254. The van der Waals surface area contributed by atoms with E-state index in [1.54, 1.807) is 12.1 Å². The first kappa shape index (κ1) is 26.9. The Labute approximate surface area is 251 Å². The molecule has 2 bridgehead atoms. The van der Waals surface area contributed by atoms with Crippen molar-refractivity contribution in [2.24, 2.45) is 5.41 Å². The topological polar surface area (TPSA) is 49.3 Å². The van der Waals surface area contributed by atoms with Crippen molar-refractivity contribution in [1.29, 1.82) is 0 Å². The van der Waals surface area contributed by atoms with Crippen LogP contribution in [-0.2, 0) is 15.6 Å². The molecule has 1 saturated heterocycles. The van der Waals surface area contributed by atoms with E-state index in [0.717, 1.165) is 42.8 Å². The van der Waals surface area contributed by atoms with E-state index in [2.05, 4.69) is 91.2 Å². The number of halogens is 2. The summed E-state index contributed by atoms with van der Waals surface area (Å²) in [6.45, 7) is 9.71. The number of amides is 1. The molecule has 7 heteroatoms. The molecule has 5 nitrogen and oxygen atoms in total. The minimum atomic E-state index is -0.717. The molecule has 0 spiro atoms. The second-order valence-electron chi connectivity index (χ2n) is 12.6. The van der Waals surface area contributed by atoms with Crippen molar-refractivity contribution in [3.63, 3.8) is 0 Å². The fourth-order valence-corrected chi connectivity index (χ4v) is 8.23. The molecule has 41 heavy (non-hydrogen) atoms. The highest BCUT2D eigenvalue weighted by atomic mass is 35.5. The Morgan fingerprint density at radius 1 is 0.756 bits per heavy atom. The van der Waals surface area contributed by atoms with E-state index in [4.69, 9.17) is 33.2 Å². The van der Waals surface area contributed by atoms with Crippen LogP contribution in [0.1, 0.15) is 62.2 Å². The lowest BCUT2D eigenvalue weighted by Crippen LogP contribution is -2.57. The van der Waals surface area contributed by atoms with E-state index < -0.39 is 5.41 Å². The normalized spacial score (nSPS) is 25.2. The number of piperazine rings is 1. The van der Waals surface area contributed by atoms with Gasteiger partial charge in [-0.2, -0.15) is 0 Å². The lowest BCUT2D eigenvalue weighted by Gasteiger charge is -2.45. The van der Waals surface area contributed by atoms with Crippen LogP contribution in [0.4, 0.5) is 0 Å². The first-order valence-corrected chi connectivity index (χ1v) is 15.2. The summed E-state index contributed by atoms with van der Waals surface area (Å²) >= 11 is 12.7. The molecule has 210 valence electrons. The smallest absolute Gasteiger partial charge is 0.235 e. The molecule has 0 N–H and O–H groups in total. The number of fused-ring (bicyclic) bond motifs is 6. The average molecular weight is 586 g/mol. The molecule has 1 saturated carbocycles. The van der Waals surface area contributed by atoms with Crippen molar-refractivity contribution >= 4 is 40.1 Å². The van der Waals surface area contributed by atoms with Gasteiger partial charge in [-0.25, -0.2) is 9.97 Å². The van der Waals surface area contributed by atoms with Crippen molar-refractivity contribution < 1.29 is 4.79 Å². The van der Waals surface area contributed by atoms with E-state index in [-0.39, 0.29) is 22.8 Å². The summed E-state index contributed by atoms with van der Waals surface area (Å²) in [5.41, 5.74) is 4.44. The minimum absolute atomic E-state index is 0.153. The predicted molar refractivity (Wildman–Crippen MR) is 164 cm³/mol. The van der Waals surface area contributed by atoms with Gasteiger partial charge in [-0.05, 0) is 41.5 Å². The molecule has 3 aromatic carbocycles. The highest BCUT2D eigenvalue weighted by molar-refractivity contribution is 6.42. The zero-order valence-electron chi connectivity index (χ0n) is 23.7. The first-order valence-electron chi connectivity index (χ1n) is 14.5. The fourth-order valence-electron chi connectivity index (χ4n) is 7.91. The first-order chi connectivity index (χ1) is 19.7. The van der Waals surface area contributed by atoms with Gasteiger partial charge in [-0.1, -0.05) is 105 Å². The second kappa shape index (κ2) is 9.52. The molecule has 2 unspecified atom stereocenters. The van der Waals surface area contributed by atoms with Gasteiger partial charge in [0.05, 0.1) is 43.9 Å². The van der Waals surface area contributed by atoms with Crippen molar-refractivity contribution in [3.8, 4) is 0 Å². The van der Waals surface area contributed by atoms with Crippen LogP contribution in [-0.4, -0.2) is 51.9 Å². The van der Waals surface area contributed by atoms with E-state index >= 15 is 0 Å². The summed E-state index contributed by atoms with van der Waals surface area (Å²) in [6, 6.07) is 25.1. The number of carbonyl (C=O) groups excluding carboxylic acids is 1. The maximum absolute atomic E-state index is 14.8. The van der Waals surface area contributed by atoms with Crippen LogP contribution in [0.5, 0.6) is 0 Å². The van der Waals surface area contributed by atoms with Crippen molar-refractivity contribution in [2.45, 2.75) is 50.5 Å². The van der Waals surface area contributed by atoms with Crippen molar-refractivity contribution in [1.82, 2.24) is 19.8 Å². The average Bonchev–Trinajstić information content (AvgIpc) is 3.28. The largest absolute Gasteiger partial charge is 0.339 e. The number of carbonyl (C=O) groups is 1. The van der Waals surface area contributed by atoms with Gasteiger partial charge in [-0.15, -0.1) is 0 Å². The maximum Gasteiger partial charge on any atom is 0.235 e. The highest BCUT2D eigenvalue weighted by Gasteiger charge is 2.73. The van der Waals surface area contributed by atoms with Crippen LogP contribution in [0.2, 0.25) is 10.0 Å². The third-order valence-corrected chi connectivity index (χ3v) is 11.4. The Morgan fingerprint density at radius 3 is 1.80 bits per heavy atom. The Balaban J connectivity index is 1.22. The monoisotopic (exact) mass is 584 g/mol. The molecule has 2 aliphatic carbocycles. The van der Waals surface area contributed by atoms with Gasteiger partial charge in [0, 0.05) is 31.6 Å². The standard InChI is InChI=1S/C34H34Cl2N4O/c1-32(2)33(3)14-15-34(32,30-29(33)37-26-20-24(35)25(36)21-27(26)38-30)31(41)40-18-16-39(17-19-40)28(22-10-6-4-7-11-22)23-12-8-5-9-13-23/h4-13,20-21,28H,14-19H2,1-3H3. The Hall–Kier alpha value is -2.99. The van der Waals surface area contributed by atoms with E-state index in [1.165, 1.54) is 11.1 Å². The SMILES string of the molecule is CC12CCC(C(=O)N3CCN(C(c4ccccc4)c4ccccc4)CC3)(c3nc4cc(Cl)c(Cl)cc4nc31)C2(C)C. The molecule has 2 heterocycles. The minimum Gasteiger partial charge on any atom is -0.339 e. The summed E-state index contributed by atoms with van der Waals surface area (Å²) in [7, 11) is 0. The molecule has 2 atom stereocenters. The van der Waals surface area contributed by atoms with Gasteiger partial charge >= 0.3 is 0 Å². The number of hydrogen-bond donors (Lipinski definition) is 0. The maximum atomic E-state index is 14.8. The molecule has 3 aliphatic rings. The van der Waals surface area contributed by atoms with Crippen molar-refractivity contribution in [2.75, 3.05) is 26.2 Å². The number of benzene rings is 3. The van der Waals surface area contributed by atoms with Gasteiger partial charge in [0.25, 0.3) is 0 Å². The van der Waals surface area contributed by atoms with E-state index in [0.29, 0.717) is 28.7 Å². The molecule has 7 rings (SSSR count). The number of hydrogen-bond acceptors (Lipinski definition) is 4. The van der Waals surface area contributed by atoms with Gasteiger partial charge in [0.15, 0.2) is 0 Å². The molecule has 4 aromatic rings. The van der Waals surface area contributed by atoms with Crippen LogP contribution in [0.25, 0.3) is 11.0 Å². The molecule has 1 aliphatic heterocycles. The zero-order valence-corrected chi connectivity index (χ0v) is 25.2. The van der Waals surface area contributed by atoms with Crippen LogP contribution >= 0.6 is 23.2 Å². The summed E-state index contributed by atoms with van der Waals surface area (Å²) in [5, 5.41) is 0.916. The number of aromatic nitrogens is 2. The Kier molecular flexibility index (Phi) is 6.24. The summed E-state index contributed by atoms with van der Waals surface area (Å²) in [4.78, 5) is 29.6. The third kappa shape index (κ3) is 3.75. The second-order valence-corrected chi connectivity index (χ2v) is 13.4. The van der Waals surface area contributed by atoms with Gasteiger partial charge in [0.2, 0.25) is 5.91 Å². The van der Waals surface area contributed by atoms with E-state index in [1.807, 2.05) is 0 Å². The molecule has 2 fully saturated rings. The Bertz CT molecular complexity index is 1610. The predicted octanol–water partition coefficient (Wildman–Crippen LogP) is 7.20. The fraction of sp³-hybridized carbons (Fsp3) is 0.382. The van der Waals surface area contributed by atoms with Crippen LogP contribution in [0.15, 0.2) is 72.8 Å². The van der Waals surface area contributed by atoms with Crippen LogP contribution in [0, 0.1) is 5.41 Å². The van der Waals surface area contributed by atoms with Gasteiger partial charge < -0.3 is 4.90 Å². The summed E-state index contributed by atoms with van der Waals surface area (Å²) in [6.07, 6.45) is 1.69. The van der Waals surface area contributed by atoms with Gasteiger partial charge in [-0.3, -0.25) is 9.69 Å². The Morgan fingerprint density at radius 2 is 1.27 bits per heavy atom. The van der Waals surface area contributed by atoms with Crippen molar-refractivity contribution in [3.05, 3.63) is 105 Å². The van der Waals surface area contributed by atoms with Gasteiger partial charge in [0.1, 0.15) is 0 Å². The molecule has 1 aromatic heterocycles.